The van der Waals surface area contributed by atoms with Gasteiger partial charge in [0, 0.05) is 0 Å². The Bertz CT molecular complexity index is 306. The van der Waals surface area contributed by atoms with E-state index in [9.17, 15) is 9.90 Å². The van der Waals surface area contributed by atoms with Crippen molar-refractivity contribution in [1.82, 2.24) is 0 Å². The third-order valence-electron chi connectivity index (χ3n) is 1.64. The number of ether oxygens (including phenoxy) is 1. The molecule has 0 bridgehead atoms. The molecule has 3 nitrogen and oxygen atoms in total. The summed E-state index contributed by atoms with van der Waals surface area (Å²) in [5, 5.41) is 10.8. The topological polar surface area (TPSA) is 49.4 Å². The summed E-state index contributed by atoms with van der Waals surface area (Å²) in [6.07, 6.45) is 0. The number of rotatable bonds is 3. The van der Waals surface area contributed by atoms with Crippen LogP contribution in [0.15, 0.2) is 24.3 Å². The number of hydrogen-bond acceptors (Lipinski definition) is 3. The summed E-state index contributed by atoms with van der Waals surface area (Å²) in [6.45, 7) is 4.33. The Balaban J connectivity index is 0.00000196. The molecule has 4 heteroatoms. The fourth-order valence-corrected chi connectivity index (χ4v) is 0.917. The van der Waals surface area contributed by atoms with Crippen molar-refractivity contribution >= 4 is 5.97 Å². The molecule has 76 valence electrons. The molecule has 1 rings (SSSR count). The number of hydrogen-bond donors (Lipinski definition) is 0. The summed E-state index contributed by atoms with van der Waals surface area (Å²) in [5.41, 5.74) is 0.422. The van der Waals surface area contributed by atoms with Gasteiger partial charge >= 0.3 is 57.4 Å². The van der Waals surface area contributed by atoms with Gasteiger partial charge in [-0.2, -0.15) is 0 Å². The molecular weight excluding hydrogens is 219 g/mol. The van der Waals surface area contributed by atoms with Crippen molar-refractivity contribution in [2.75, 3.05) is 6.61 Å². The van der Waals surface area contributed by atoms with E-state index in [1.165, 1.54) is 24.3 Å². The quantitative estimate of drug-likeness (QED) is 0.474. The Morgan fingerprint density at radius 2 is 1.87 bits per heavy atom. The van der Waals surface area contributed by atoms with E-state index in [1.807, 2.05) is 13.8 Å². The average Bonchev–Trinajstić information content (AvgIpc) is 2.15. The third kappa shape index (κ3) is 5.68. The standard InChI is InChI=1S/C11H14O3.K/c1-8(2)7-14-11(13)9-3-5-10(12)6-4-9;/h3-6,8,12H,7H2,1-2H3;/q;+1/p-1. The van der Waals surface area contributed by atoms with Gasteiger partial charge in [-0.3, -0.25) is 0 Å². The molecule has 0 radical (unpaired) electrons. The van der Waals surface area contributed by atoms with Crippen LogP contribution in [0.5, 0.6) is 5.75 Å². The van der Waals surface area contributed by atoms with Gasteiger partial charge in [0.1, 0.15) is 0 Å². The summed E-state index contributed by atoms with van der Waals surface area (Å²) in [6, 6.07) is 5.66. The molecule has 0 aromatic heterocycles. The first-order valence-corrected chi connectivity index (χ1v) is 4.54. The molecular formula is C11H13KO3. The molecule has 1 aromatic rings. The first kappa shape index (κ1) is 15.1. The van der Waals surface area contributed by atoms with Crippen molar-refractivity contribution in [3.63, 3.8) is 0 Å². The number of benzene rings is 1. The third-order valence-corrected chi connectivity index (χ3v) is 1.64. The predicted molar refractivity (Wildman–Crippen MR) is 51.0 cm³/mol. The molecule has 0 saturated carbocycles. The number of carbonyl (C=O) groups is 1. The Morgan fingerprint density at radius 3 is 2.33 bits per heavy atom. The Morgan fingerprint density at radius 1 is 1.33 bits per heavy atom. The van der Waals surface area contributed by atoms with Crippen LogP contribution < -0.4 is 56.5 Å². The van der Waals surface area contributed by atoms with Gasteiger partial charge in [-0.1, -0.05) is 26.0 Å². The zero-order valence-electron chi connectivity index (χ0n) is 9.32. The van der Waals surface area contributed by atoms with Gasteiger partial charge in [-0.25, -0.2) is 4.79 Å². The van der Waals surface area contributed by atoms with Crippen LogP contribution in [0.4, 0.5) is 0 Å². The zero-order valence-corrected chi connectivity index (χ0v) is 12.4. The van der Waals surface area contributed by atoms with Crippen LogP contribution in [0.2, 0.25) is 0 Å². The van der Waals surface area contributed by atoms with Gasteiger partial charge in [-0.15, -0.1) is 5.75 Å². The Labute approximate surface area is 132 Å². The molecule has 0 aliphatic carbocycles. The van der Waals surface area contributed by atoms with Crippen LogP contribution in [0.3, 0.4) is 0 Å². The smallest absolute Gasteiger partial charge is 0.872 e. The van der Waals surface area contributed by atoms with Crippen LogP contribution in [-0.4, -0.2) is 12.6 Å². The maximum atomic E-state index is 11.3. The monoisotopic (exact) mass is 232 g/mol. The van der Waals surface area contributed by atoms with E-state index in [-0.39, 0.29) is 63.1 Å². The number of carbonyl (C=O) groups excluding carboxylic acids is 1. The van der Waals surface area contributed by atoms with Crippen LogP contribution in [0.1, 0.15) is 24.2 Å². The molecule has 0 saturated heterocycles. The minimum atomic E-state index is -0.376. The maximum absolute atomic E-state index is 11.3. The van der Waals surface area contributed by atoms with Gasteiger partial charge in [0.15, 0.2) is 0 Å². The average molecular weight is 232 g/mol. The molecule has 0 atom stereocenters. The summed E-state index contributed by atoms with van der Waals surface area (Å²) in [5.74, 6) is -0.165. The normalized spacial score (nSPS) is 9.53. The Hall–Kier alpha value is 0.126. The van der Waals surface area contributed by atoms with E-state index in [1.54, 1.807) is 0 Å². The van der Waals surface area contributed by atoms with Crippen LogP contribution in [0, 0.1) is 5.92 Å². The molecule has 0 heterocycles. The van der Waals surface area contributed by atoms with Gasteiger partial charge in [0.05, 0.1) is 12.2 Å². The largest absolute Gasteiger partial charge is 1.00 e. The van der Waals surface area contributed by atoms with Crippen LogP contribution in [0.25, 0.3) is 0 Å². The van der Waals surface area contributed by atoms with Crippen LogP contribution >= 0.6 is 0 Å². The minimum absolute atomic E-state index is 0. The van der Waals surface area contributed by atoms with Gasteiger partial charge < -0.3 is 9.84 Å². The van der Waals surface area contributed by atoms with Crippen molar-refractivity contribution < 1.29 is 66.0 Å². The van der Waals surface area contributed by atoms with Crippen molar-refractivity contribution in [2.45, 2.75) is 13.8 Å². The summed E-state index contributed by atoms with van der Waals surface area (Å²) >= 11 is 0. The van der Waals surface area contributed by atoms with Gasteiger partial charge in [-0.05, 0) is 18.1 Å². The molecule has 0 aliphatic rings. The van der Waals surface area contributed by atoms with E-state index in [0.717, 1.165) is 0 Å². The van der Waals surface area contributed by atoms with Crippen molar-refractivity contribution in [1.29, 1.82) is 0 Å². The first-order valence-electron chi connectivity index (χ1n) is 4.54. The van der Waals surface area contributed by atoms with E-state index >= 15 is 0 Å². The minimum Gasteiger partial charge on any atom is -0.872 e. The first-order chi connectivity index (χ1) is 6.59. The SMILES string of the molecule is CC(C)COC(=O)c1ccc([O-])cc1.[K+]. The summed E-state index contributed by atoms with van der Waals surface area (Å²) < 4.78 is 4.99. The summed E-state index contributed by atoms with van der Waals surface area (Å²) in [7, 11) is 0. The second-order valence-corrected chi connectivity index (χ2v) is 3.52. The molecule has 0 amide bonds. The second kappa shape index (κ2) is 7.41. The zero-order chi connectivity index (χ0) is 10.6. The van der Waals surface area contributed by atoms with E-state index < -0.39 is 0 Å². The molecule has 0 unspecified atom stereocenters. The van der Waals surface area contributed by atoms with E-state index in [2.05, 4.69) is 0 Å². The predicted octanol–water partition coefficient (Wildman–Crippen LogP) is -1.42. The van der Waals surface area contributed by atoms with Crippen molar-refractivity contribution in [2.24, 2.45) is 5.92 Å². The molecule has 0 aliphatic heterocycles. The molecule has 1 aromatic carbocycles. The van der Waals surface area contributed by atoms with Crippen molar-refractivity contribution in [3.05, 3.63) is 29.8 Å². The van der Waals surface area contributed by atoms with E-state index in [4.69, 9.17) is 4.74 Å². The van der Waals surface area contributed by atoms with E-state index in [0.29, 0.717) is 18.1 Å². The van der Waals surface area contributed by atoms with Crippen molar-refractivity contribution in [3.8, 4) is 5.75 Å². The maximum Gasteiger partial charge on any atom is 1.00 e. The van der Waals surface area contributed by atoms with Gasteiger partial charge in [0.25, 0.3) is 0 Å². The second-order valence-electron chi connectivity index (χ2n) is 3.52. The molecule has 15 heavy (non-hydrogen) atoms. The number of esters is 1. The Kier molecular flexibility index (Phi) is 7.47. The van der Waals surface area contributed by atoms with Gasteiger partial charge in [0.2, 0.25) is 0 Å². The van der Waals surface area contributed by atoms with Crippen LogP contribution in [-0.2, 0) is 4.74 Å². The fraction of sp³-hybridized carbons (Fsp3) is 0.364. The molecule has 0 fully saturated rings. The fourth-order valence-electron chi connectivity index (χ4n) is 0.917. The summed E-state index contributed by atoms with van der Waals surface area (Å²) in [4.78, 5) is 11.3. The molecule has 0 N–H and O–H groups in total. The molecule has 0 spiro atoms.